The third-order valence-electron chi connectivity index (χ3n) is 9.48. The van der Waals surface area contributed by atoms with Crippen molar-refractivity contribution in [2.45, 2.75) is 98.1 Å². The van der Waals surface area contributed by atoms with Crippen molar-refractivity contribution in [1.82, 2.24) is 0 Å². The summed E-state index contributed by atoms with van der Waals surface area (Å²) in [7, 11) is -0.865. The first-order chi connectivity index (χ1) is 20.8. The lowest BCUT2D eigenvalue weighted by Crippen LogP contribution is -2.41. The Balaban J connectivity index is 0.000000231. The minimum absolute atomic E-state index is 0.115. The van der Waals surface area contributed by atoms with E-state index in [0.29, 0.717) is 11.3 Å². The summed E-state index contributed by atoms with van der Waals surface area (Å²) in [6, 6.07) is 16.7. The van der Waals surface area contributed by atoms with E-state index >= 15 is 0 Å². The number of amides is 1. The molecule has 7 nitrogen and oxygen atoms in total. The fraction of sp³-hybridized carbons (Fsp3) is 0.441. The van der Waals surface area contributed by atoms with E-state index in [1.54, 1.807) is 6.07 Å². The van der Waals surface area contributed by atoms with Gasteiger partial charge in [0.05, 0.1) is 22.4 Å². The Labute approximate surface area is 266 Å². The van der Waals surface area contributed by atoms with Crippen molar-refractivity contribution in [2.24, 2.45) is 0 Å². The molecule has 2 saturated heterocycles. The highest BCUT2D eigenvalue weighted by atomic mass is 19.3. The molecule has 2 aliphatic rings. The molecule has 1 amide bonds. The topological polar surface area (TPSA) is 92.0 Å². The fourth-order valence-corrected chi connectivity index (χ4v) is 4.89. The Morgan fingerprint density at radius 1 is 0.689 bits per heavy atom. The zero-order chi connectivity index (χ0) is 33.5. The average Bonchev–Trinajstić information content (AvgIpc) is 3.30. The number of nitrogen functional groups attached to an aromatic ring is 1. The second-order valence-electron chi connectivity index (χ2n) is 13.6. The Morgan fingerprint density at radius 2 is 1.11 bits per heavy atom. The second kappa shape index (κ2) is 12.5. The SMILES string of the molecule is Cc1c(N)cccc1B1OC(C)(C)C(C)(C)O1.Cc1c(NC(=O)c2ccc(C(F)F)cc2)cccc1B1OC(C)(C)C(C)(C)O1. The lowest BCUT2D eigenvalue weighted by atomic mass is 9.76. The van der Waals surface area contributed by atoms with Crippen LogP contribution in [0, 0.1) is 13.8 Å². The van der Waals surface area contributed by atoms with E-state index in [0.717, 1.165) is 27.7 Å². The predicted octanol–water partition coefficient (Wildman–Crippen LogP) is 6.36. The highest BCUT2D eigenvalue weighted by Gasteiger charge is 2.53. The number of carbonyl (C=O) groups excluding carboxylic acids is 1. The number of hydrogen-bond acceptors (Lipinski definition) is 6. The number of nitrogens with one attached hydrogen (secondary N) is 1. The highest BCUT2D eigenvalue weighted by Crippen LogP contribution is 2.38. The third-order valence-corrected chi connectivity index (χ3v) is 9.48. The molecule has 2 heterocycles. The molecule has 0 atom stereocenters. The normalized spacial score (nSPS) is 19.3. The molecule has 3 N–H and O–H groups in total. The first-order valence-electron chi connectivity index (χ1n) is 15.1. The summed E-state index contributed by atoms with van der Waals surface area (Å²) in [5.74, 6) is -0.366. The summed E-state index contributed by atoms with van der Waals surface area (Å²) in [4.78, 5) is 12.5. The number of alkyl halides is 2. The van der Waals surface area contributed by atoms with Gasteiger partial charge in [0.2, 0.25) is 0 Å². The van der Waals surface area contributed by atoms with E-state index in [1.807, 2.05) is 71.9 Å². The van der Waals surface area contributed by atoms with E-state index in [1.165, 1.54) is 24.3 Å². The Morgan fingerprint density at radius 3 is 1.56 bits per heavy atom. The molecular weight excluding hydrogens is 576 g/mol. The van der Waals surface area contributed by atoms with Crippen LogP contribution in [0.3, 0.4) is 0 Å². The van der Waals surface area contributed by atoms with Crippen molar-refractivity contribution in [3.8, 4) is 0 Å². The van der Waals surface area contributed by atoms with E-state index < -0.39 is 24.7 Å². The molecule has 0 aromatic heterocycles. The number of rotatable bonds is 5. The van der Waals surface area contributed by atoms with Gasteiger partial charge >= 0.3 is 14.2 Å². The van der Waals surface area contributed by atoms with E-state index in [2.05, 4.69) is 33.0 Å². The van der Waals surface area contributed by atoms with Gasteiger partial charge in [0.15, 0.2) is 0 Å². The van der Waals surface area contributed by atoms with Gasteiger partial charge in [0.25, 0.3) is 12.3 Å². The summed E-state index contributed by atoms with van der Waals surface area (Å²) in [6.07, 6.45) is -2.56. The summed E-state index contributed by atoms with van der Waals surface area (Å²) >= 11 is 0. The maximum Gasteiger partial charge on any atom is 0.495 e. The van der Waals surface area contributed by atoms with Crippen LogP contribution in [0.2, 0.25) is 0 Å². The van der Waals surface area contributed by atoms with Gasteiger partial charge < -0.3 is 29.7 Å². The Hall–Kier alpha value is -3.24. The van der Waals surface area contributed by atoms with Crippen LogP contribution in [-0.2, 0) is 18.6 Å². The molecule has 45 heavy (non-hydrogen) atoms. The molecule has 0 aliphatic carbocycles. The number of anilines is 2. The summed E-state index contributed by atoms with van der Waals surface area (Å²) in [5.41, 5.74) is 9.68. The van der Waals surface area contributed by atoms with Crippen molar-refractivity contribution in [3.63, 3.8) is 0 Å². The highest BCUT2D eigenvalue weighted by molar-refractivity contribution is 6.63. The van der Waals surface area contributed by atoms with Crippen LogP contribution in [0.25, 0.3) is 0 Å². The maximum absolute atomic E-state index is 12.7. The molecule has 11 heteroatoms. The monoisotopic (exact) mass is 620 g/mol. The largest absolute Gasteiger partial charge is 0.495 e. The van der Waals surface area contributed by atoms with Crippen molar-refractivity contribution in [2.75, 3.05) is 11.1 Å². The Bertz CT molecular complexity index is 1510. The molecule has 2 aliphatic heterocycles. The number of carbonyl (C=O) groups is 1. The fourth-order valence-electron chi connectivity index (χ4n) is 4.89. The number of hydrogen-bond donors (Lipinski definition) is 2. The van der Waals surface area contributed by atoms with Gasteiger partial charge in [-0.2, -0.15) is 0 Å². The van der Waals surface area contributed by atoms with Gasteiger partial charge in [-0.1, -0.05) is 36.4 Å². The number of benzene rings is 3. The van der Waals surface area contributed by atoms with Gasteiger partial charge in [-0.3, -0.25) is 4.79 Å². The zero-order valence-electron chi connectivity index (χ0n) is 27.9. The van der Waals surface area contributed by atoms with Gasteiger partial charge in [0, 0.05) is 22.5 Å². The first kappa shape index (κ1) is 34.6. The van der Waals surface area contributed by atoms with Crippen LogP contribution in [0.15, 0.2) is 60.7 Å². The molecule has 0 spiro atoms. The molecule has 240 valence electrons. The van der Waals surface area contributed by atoms with Crippen molar-refractivity contribution >= 4 is 42.4 Å². The molecular formula is C34H44B2F2N2O5. The van der Waals surface area contributed by atoms with Crippen LogP contribution >= 0.6 is 0 Å². The standard InChI is InChI=1S/C21H24BF2NO3.C13H20BNO2/c1-13-16(22-27-20(2,3)21(4,5)28-22)7-6-8-17(13)25-19(26)15-11-9-14(10-12-15)18(23)24;1-9-10(7-6-8-11(9)15)14-16-12(2,3)13(4,5)17-14/h6-12,18H,1-5H3,(H,25,26);6-8H,15H2,1-5H3. The average molecular weight is 620 g/mol. The van der Waals surface area contributed by atoms with Crippen LogP contribution in [-0.4, -0.2) is 42.5 Å². The smallest absolute Gasteiger partial charge is 0.399 e. The number of halogens is 2. The molecule has 0 bridgehead atoms. The number of nitrogens with two attached hydrogens (primary N) is 1. The predicted molar refractivity (Wildman–Crippen MR) is 178 cm³/mol. The lowest BCUT2D eigenvalue weighted by Gasteiger charge is -2.32. The minimum atomic E-state index is -2.56. The van der Waals surface area contributed by atoms with Crippen LogP contribution in [0.4, 0.5) is 20.2 Å². The van der Waals surface area contributed by atoms with E-state index in [-0.39, 0.29) is 29.8 Å². The van der Waals surface area contributed by atoms with Crippen LogP contribution in [0.1, 0.15) is 88.9 Å². The molecule has 0 unspecified atom stereocenters. The van der Waals surface area contributed by atoms with Gasteiger partial charge in [-0.15, -0.1) is 0 Å². The molecule has 5 rings (SSSR count). The summed E-state index contributed by atoms with van der Waals surface area (Å²) in [6.45, 7) is 20.0. The quantitative estimate of drug-likeness (QED) is 0.255. The summed E-state index contributed by atoms with van der Waals surface area (Å²) in [5, 5.41) is 2.84. The van der Waals surface area contributed by atoms with Crippen molar-refractivity contribution < 1.29 is 32.2 Å². The third kappa shape index (κ3) is 7.12. The first-order valence-corrected chi connectivity index (χ1v) is 15.1. The molecule has 3 aromatic carbocycles. The lowest BCUT2D eigenvalue weighted by molar-refractivity contribution is 0.00578. The van der Waals surface area contributed by atoms with E-state index in [9.17, 15) is 13.6 Å². The van der Waals surface area contributed by atoms with Crippen molar-refractivity contribution in [1.29, 1.82) is 0 Å². The second-order valence-corrected chi connectivity index (χ2v) is 13.6. The molecule has 2 fully saturated rings. The van der Waals surface area contributed by atoms with Crippen LogP contribution in [0.5, 0.6) is 0 Å². The van der Waals surface area contributed by atoms with Crippen molar-refractivity contribution in [3.05, 3.63) is 82.9 Å². The minimum Gasteiger partial charge on any atom is -0.399 e. The van der Waals surface area contributed by atoms with Crippen LogP contribution < -0.4 is 22.0 Å². The molecule has 0 saturated carbocycles. The summed E-state index contributed by atoms with van der Waals surface area (Å²) < 4.78 is 49.6. The molecule has 3 aromatic rings. The Kier molecular flexibility index (Phi) is 9.63. The van der Waals surface area contributed by atoms with Gasteiger partial charge in [-0.05, 0) is 116 Å². The maximum atomic E-state index is 12.7. The zero-order valence-corrected chi connectivity index (χ0v) is 27.9. The molecule has 0 radical (unpaired) electrons. The van der Waals surface area contributed by atoms with Gasteiger partial charge in [0.1, 0.15) is 0 Å². The van der Waals surface area contributed by atoms with Gasteiger partial charge in [-0.25, -0.2) is 8.78 Å². The van der Waals surface area contributed by atoms with E-state index in [4.69, 9.17) is 24.4 Å².